The lowest BCUT2D eigenvalue weighted by atomic mass is 10.1. The molecule has 0 heterocycles. The van der Waals surface area contributed by atoms with E-state index in [0.29, 0.717) is 24.8 Å². The molecule has 29 heavy (non-hydrogen) atoms. The molecule has 3 rings (SSSR count). The third-order valence-corrected chi connectivity index (χ3v) is 5.84. The van der Waals surface area contributed by atoms with Crippen LogP contribution in [0.1, 0.15) is 23.6 Å². The smallest absolute Gasteiger partial charge is 0.174 e. The van der Waals surface area contributed by atoms with Gasteiger partial charge in [0.15, 0.2) is 11.5 Å². The predicted molar refractivity (Wildman–Crippen MR) is 130 cm³/mol. The topological polar surface area (TPSA) is 30.5 Å². The maximum absolute atomic E-state index is 6.22. The Morgan fingerprint density at radius 1 is 0.966 bits per heavy atom. The zero-order valence-electron chi connectivity index (χ0n) is 16.3. The van der Waals surface area contributed by atoms with Gasteiger partial charge in [-0.15, -0.1) is 0 Å². The Balaban J connectivity index is 1.77. The van der Waals surface area contributed by atoms with Gasteiger partial charge in [0, 0.05) is 22.3 Å². The third kappa shape index (κ3) is 5.93. The second-order valence-electron chi connectivity index (χ2n) is 6.52. The molecule has 6 heteroatoms. The highest BCUT2D eigenvalue weighted by Crippen LogP contribution is 2.35. The molecule has 1 N–H and O–H groups in total. The molecule has 3 aromatic carbocycles. The zero-order chi connectivity index (χ0) is 20.8. The number of anilines is 1. The van der Waals surface area contributed by atoms with Crippen LogP contribution in [0, 0.1) is 10.5 Å². The number of benzene rings is 3. The number of hydrogen-bond donors (Lipinski definition) is 1. The first-order valence-electron chi connectivity index (χ1n) is 9.29. The van der Waals surface area contributed by atoms with Crippen molar-refractivity contribution in [2.45, 2.75) is 27.0 Å². The molecule has 0 radical (unpaired) electrons. The Kier molecular flexibility index (Phi) is 7.92. The van der Waals surface area contributed by atoms with Crippen LogP contribution in [0.15, 0.2) is 54.6 Å². The Labute approximate surface area is 195 Å². The van der Waals surface area contributed by atoms with Crippen molar-refractivity contribution in [3.63, 3.8) is 0 Å². The highest BCUT2D eigenvalue weighted by atomic mass is 127. The number of rotatable bonds is 8. The van der Waals surface area contributed by atoms with Gasteiger partial charge in [-0.1, -0.05) is 41.4 Å². The van der Waals surface area contributed by atoms with Gasteiger partial charge in [0.1, 0.15) is 6.61 Å². The lowest BCUT2D eigenvalue weighted by Gasteiger charge is -2.17. The lowest BCUT2D eigenvalue weighted by molar-refractivity contribution is 0.267. The first-order valence-corrected chi connectivity index (χ1v) is 11.1. The van der Waals surface area contributed by atoms with Crippen molar-refractivity contribution in [1.29, 1.82) is 0 Å². The molecule has 0 saturated heterocycles. The van der Waals surface area contributed by atoms with E-state index in [1.54, 1.807) is 0 Å². The molecule has 0 aliphatic carbocycles. The van der Waals surface area contributed by atoms with E-state index in [4.69, 9.17) is 32.7 Å². The summed E-state index contributed by atoms with van der Waals surface area (Å²) >= 11 is 14.6. The SMILES string of the molecule is CCOc1cc(CNc2cccc(Cl)c2C)cc(I)c1OCc1cccc(Cl)c1. The highest BCUT2D eigenvalue weighted by molar-refractivity contribution is 14.1. The van der Waals surface area contributed by atoms with Gasteiger partial charge >= 0.3 is 0 Å². The van der Waals surface area contributed by atoms with Gasteiger partial charge in [0.05, 0.1) is 10.2 Å². The van der Waals surface area contributed by atoms with Crippen LogP contribution in [0.2, 0.25) is 10.0 Å². The van der Waals surface area contributed by atoms with Crippen molar-refractivity contribution in [2.75, 3.05) is 11.9 Å². The van der Waals surface area contributed by atoms with E-state index < -0.39 is 0 Å². The van der Waals surface area contributed by atoms with E-state index in [1.807, 2.05) is 62.4 Å². The van der Waals surface area contributed by atoms with Gasteiger partial charge in [0.2, 0.25) is 0 Å². The number of ether oxygens (including phenoxy) is 2. The first kappa shape index (κ1) is 22.1. The van der Waals surface area contributed by atoms with Gasteiger partial charge < -0.3 is 14.8 Å². The van der Waals surface area contributed by atoms with E-state index in [1.165, 1.54) is 0 Å². The summed E-state index contributed by atoms with van der Waals surface area (Å²) in [5.41, 5.74) is 4.17. The summed E-state index contributed by atoms with van der Waals surface area (Å²) in [5, 5.41) is 4.90. The largest absolute Gasteiger partial charge is 0.490 e. The van der Waals surface area contributed by atoms with Crippen LogP contribution < -0.4 is 14.8 Å². The Hall–Kier alpha value is -1.63. The Morgan fingerprint density at radius 3 is 2.52 bits per heavy atom. The van der Waals surface area contributed by atoms with Crippen molar-refractivity contribution in [2.24, 2.45) is 0 Å². The average molecular weight is 542 g/mol. The van der Waals surface area contributed by atoms with Gasteiger partial charge in [0.25, 0.3) is 0 Å². The fourth-order valence-electron chi connectivity index (χ4n) is 2.90. The minimum absolute atomic E-state index is 0.427. The first-order chi connectivity index (χ1) is 14.0. The Bertz CT molecular complexity index is 995. The van der Waals surface area contributed by atoms with Crippen molar-refractivity contribution in [3.8, 4) is 11.5 Å². The minimum Gasteiger partial charge on any atom is -0.490 e. The second-order valence-corrected chi connectivity index (χ2v) is 8.53. The van der Waals surface area contributed by atoms with Crippen molar-refractivity contribution < 1.29 is 9.47 Å². The normalized spacial score (nSPS) is 10.7. The molecule has 0 unspecified atom stereocenters. The zero-order valence-corrected chi connectivity index (χ0v) is 19.9. The van der Waals surface area contributed by atoms with Crippen LogP contribution >= 0.6 is 45.8 Å². The van der Waals surface area contributed by atoms with Crippen LogP contribution in [-0.4, -0.2) is 6.61 Å². The Morgan fingerprint density at radius 2 is 1.76 bits per heavy atom. The van der Waals surface area contributed by atoms with E-state index in [9.17, 15) is 0 Å². The van der Waals surface area contributed by atoms with Crippen LogP contribution in [0.3, 0.4) is 0 Å². The summed E-state index contributed by atoms with van der Waals surface area (Å²) in [6, 6.07) is 17.6. The van der Waals surface area contributed by atoms with Gasteiger partial charge in [-0.2, -0.15) is 0 Å². The molecule has 0 saturated carbocycles. The molecule has 152 valence electrons. The fourth-order valence-corrected chi connectivity index (χ4v) is 4.11. The number of hydrogen-bond acceptors (Lipinski definition) is 3. The van der Waals surface area contributed by atoms with Crippen LogP contribution in [0.25, 0.3) is 0 Å². The van der Waals surface area contributed by atoms with Crippen LogP contribution in [0.4, 0.5) is 5.69 Å². The van der Waals surface area contributed by atoms with E-state index in [-0.39, 0.29) is 0 Å². The molecule has 0 atom stereocenters. The fraction of sp³-hybridized carbons (Fsp3) is 0.217. The maximum atomic E-state index is 6.22. The summed E-state index contributed by atoms with van der Waals surface area (Å²) in [6.45, 7) is 5.62. The molecule has 0 amide bonds. The summed E-state index contributed by atoms with van der Waals surface area (Å²) in [6.07, 6.45) is 0. The molecule has 0 aliphatic rings. The quantitative estimate of drug-likeness (QED) is 0.299. The molecular weight excluding hydrogens is 520 g/mol. The number of halogens is 3. The molecule has 0 aromatic heterocycles. The molecule has 3 aromatic rings. The molecule has 0 spiro atoms. The van der Waals surface area contributed by atoms with E-state index >= 15 is 0 Å². The molecule has 0 fully saturated rings. The average Bonchev–Trinajstić information content (AvgIpc) is 2.69. The van der Waals surface area contributed by atoms with Gasteiger partial charge in [-0.3, -0.25) is 0 Å². The second kappa shape index (κ2) is 10.4. The minimum atomic E-state index is 0.427. The number of nitrogens with one attached hydrogen (secondary N) is 1. The van der Waals surface area contributed by atoms with Crippen molar-refractivity contribution >= 4 is 51.5 Å². The maximum Gasteiger partial charge on any atom is 0.174 e. The molecule has 0 aliphatic heterocycles. The summed E-state index contributed by atoms with van der Waals surface area (Å²) in [5.74, 6) is 1.48. The van der Waals surface area contributed by atoms with Crippen molar-refractivity contribution in [1.82, 2.24) is 0 Å². The highest BCUT2D eigenvalue weighted by Gasteiger charge is 2.13. The summed E-state index contributed by atoms with van der Waals surface area (Å²) in [7, 11) is 0. The van der Waals surface area contributed by atoms with Crippen molar-refractivity contribution in [3.05, 3.63) is 84.9 Å². The monoisotopic (exact) mass is 541 g/mol. The molecular formula is C23H22Cl2INO2. The standard InChI is InChI=1S/C23H22Cl2INO2/c1-3-28-22-12-17(13-27-21-9-5-8-19(25)15(21)2)11-20(26)23(22)29-14-16-6-4-7-18(24)10-16/h4-12,27H,3,13-14H2,1-2H3. The molecule has 0 bridgehead atoms. The lowest BCUT2D eigenvalue weighted by Crippen LogP contribution is -2.05. The van der Waals surface area contributed by atoms with Crippen LogP contribution in [-0.2, 0) is 13.2 Å². The van der Waals surface area contributed by atoms with Gasteiger partial charge in [-0.05, 0) is 89.5 Å². The van der Waals surface area contributed by atoms with Crippen LogP contribution in [0.5, 0.6) is 11.5 Å². The summed E-state index contributed by atoms with van der Waals surface area (Å²) in [4.78, 5) is 0. The van der Waals surface area contributed by atoms with Gasteiger partial charge in [-0.25, -0.2) is 0 Å². The third-order valence-electron chi connectivity index (χ3n) is 4.39. The van der Waals surface area contributed by atoms with E-state index in [0.717, 1.165) is 42.5 Å². The predicted octanol–water partition coefficient (Wildman–Crippen LogP) is 7.50. The molecule has 3 nitrogen and oxygen atoms in total. The van der Waals surface area contributed by atoms with E-state index in [2.05, 4.69) is 34.0 Å². The summed E-state index contributed by atoms with van der Waals surface area (Å²) < 4.78 is 12.9.